The van der Waals surface area contributed by atoms with Crippen molar-refractivity contribution in [3.63, 3.8) is 0 Å². The van der Waals surface area contributed by atoms with Crippen molar-refractivity contribution in [3.8, 4) is 0 Å². The van der Waals surface area contributed by atoms with E-state index in [1.165, 1.54) is 4.90 Å². The van der Waals surface area contributed by atoms with Crippen molar-refractivity contribution in [1.29, 1.82) is 0 Å². The second-order valence-electron chi connectivity index (χ2n) is 4.82. The average molecular weight is 309 g/mol. The fourth-order valence-electron chi connectivity index (χ4n) is 1.79. The number of thioether (sulfide) groups is 1. The van der Waals surface area contributed by atoms with Gasteiger partial charge >= 0.3 is 6.03 Å². The van der Waals surface area contributed by atoms with Crippen LogP contribution in [0.15, 0.2) is 29.2 Å². The molecule has 0 aliphatic heterocycles. The molecule has 0 unspecified atom stereocenters. The lowest BCUT2D eigenvalue weighted by atomic mass is 10.2. The standard InChI is InChI=1S/C15H23N3O2S/c1-4-9-16-15(20)17-14(19)11-18(2)10-12-5-7-13(21-3)8-6-12/h5-8H,4,9-11H2,1-3H3,(H2,16,17,19,20). The minimum absolute atomic E-state index is 0.184. The number of benzene rings is 1. The molecule has 0 saturated carbocycles. The number of nitrogens with one attached hydrogen (secondary N) is 2. The van der Waals surface area contributed by atoms with Crippen molar-refractivity contribution < 1.29 is 9.59 Å². The SMILES string of the molecule is CCCNC(=O)NC(=O)CN(C)Cc1ccc(SC)cc1. The van der Waals surface area contributed by atoms with E-state index < -0.39 is 6.03 Å². The lowest BCUT2D eigenvalue weighted by Gasteiger charge is -2.16. The van der Waals surface area contributed by atoms with E-state index >= 15 is 0 Å². The Labute approximate surface area is 130 Å². The number of carbonyl (C=O) groups is 2. The van der Waals surface area contributed by atoms with Crippen LogP contribution in [0.3, 0.4) is 0 Å². The minimum atomic E-state index is -0.431. The first-order chi connectivity index (χ1) is 10.0. The van der Waals surface area contributed by atoms with E-state index in [1.54, 1.807) is 11.8 Å². The summed E-state index contributed by atoms with van der Waals surface area (Å²) in [6.07, 6.45) is 2.88. The number of hydrogen-bond donors (Lipinski definition) is 2. The summed E-state index contributed by atoms with van der Waals surface area (Å²) < 4.78 is 0. The molecule has 5 nitrogen and oxygen atoms in total. The van der Waals surface area contributed by atoms with Crippen LogP contribution in [0.2, 0.25) is 0 Å². The van der Waals surface area contributed by atoms with Gasteiger partial charge in [0, 0.05) is 18.0 Å². The molecular formula is C15H23N3O2S. The Kier molecular flexibility index (Phi) is 7.85. The van der Waals surface area contributed by atoms with E-state index in [0.717, 1.165) is 12.0 Å². The zero-order valence-corrected chi connectivity index (χ0v) is 13.6. The lowest BCUT2D eigenvalue weighted by molar-refractivity contribution is -0.120. The lowest BCUT2D eigenvalue weighted by Crippen LogP contribution is -2.43. The average Bonchev–Trinajstić information content (AvgIpc) is 2.45. The van der Waals surface area contributed by atoms with Gasteiger partial charge in [0.1, 0.15) is 0 Å². The molecule has 0 aliphatic rings. The molecule has 0 aromatic heterocycles. The van der Waals surface area contributed by atoms with Gasteiger partial charge in [0.2, 0.25) is 5.91 Å². The van der Waals surface area contributed by atoms with Crippen molar-refractivity contribution >= 4 is 23.7 Å². The van der Waals surface area contributed by atoms with E-state index in [1.807, 2.05) is 37.3 Å². The Morgan fingerprint density at radius 2 is 1.90 bits per heavy atom. The van der Waals surface area contributed by atoms with Crippen molar-refractivity contribution in [3.05, 3.63) is 29.8 Å². The smallest absolute Gasteiger partial charge is 0.321 e. The number of amides is 3. The van der Waals surface area contributed by atoms with Crippen LogP contribution >= 0.6 is 11.8 Å². The highest BCUT2D eigenvalue weighted by molar-refractivity contribution is 7.98. The summed E-state index contributed by atoms with van der Waals surface area (Å²) in [6.45, 7) is 3.37. The van der Waals surface area contributed by atoms with Crippen molar-refractivity contribution in [2.45, 2.75) is 24.8 Å². The molecule has 0 aliphatic carbocycles. The Morgan fingerprint density at radius 1 is 1.24 bits per heavy atom. The molecule has 21 heavy (non-hydrogen) atoms. The van der Waals surface area contributed by atoms with Crippen LogP contribution in [0, 0.1) is 0 Å². The summed E-state index contributed by atoms with van der Waals surface area (Å²) in [4.78, 5) is 26.1. The third kappa shape index (κ3) is 7.15. The molecule has 3 amide bonds. The second kappa shape index (κ2) is 9.41. The first-order valence-corrected chi connectivity index (χ1v) is 8.16. The predicted octanol–water partition coefficient (Wildman–Crippen LogP) is 2.08. The molecule has 0 spiro atoms. The van der Waals surface area contributed by atoms with E-state index in [9.17, 15) is 9.59 Å². The maximum atomic E-state index is 11.7. The Balaban J connectivity index is 2.36. The number of nitrogens with zero attached hydrogens (tertiary/aromatic N) is 1. The van der Waals surface area contributed by atoms with Crippen LogP contribution in [0.25, 0.3) is 0 Å². The summed E-state index contributed by atoms with van der Waals surface area (Å²) in [5, 5.41) is 4.92. The van der Waals surface area contributed by atoms with Crippen LogP contribution in [-0.2, 0) is 11.3 Å². The Bertz CT molecular complexity index is 462. The third-order valence-corrected chi connectivity index (χ3v) is 3.56. The largest absolute Gasteiger partial charge is 0.338 e. The topological polar surface area (TPSA) is 61.4 Å². The molecule has 0 atom stereocenters. The first kappa shape index (κ1) is 17.5. The first-order valence-electron chi connectivity index (χ1n) is 6.94. The van der Waals surface area contributed by atoms with E-state index in [4.69, 9.17) is 0 Å². The highest BCUT2D eigenvalue weighted by Crippen LogP contribution is 2.15. The van der Waals surface area contributed by atoms with Gasteiger partial charge in [-0.15, -0.1) is 11.8 Å². The number of imide groups is 1. The Morgan fingerprint density at radius 3 is 2.48 bits per heavy atom. The van der Waals surface area contributed by atoms with Crippen LogP contribution < -0.4 is 10.6 Å². The van der Waals surface area contributed by atoms with Crippen molar-refractivity contribution in [1.82, 2.24) is 15.5 Å². The zero-order valence-electron chi connectivity index (χ0n) is 12.8. The highest BCUT2D eigenvalue weighted by Gasteiger charge is 2.10. The van der Waals surface area contributed by atoms with E-state index in [0.29, 0.717) is 13.1 Å². The summed E-state index contributed by atoms with van der Waals surface area (Å²) in [5.74, 6) is -0.299. The molecule has 2 N–H and O–H groups in total. The maximum absolute atomic E-state index is 11.7. The molecule has 0 heterocycles. The fraction of sp³-hybridized carbons (Fsp3) is 0.467. The van der Waals surface area contributed by atoms with Gasteiger partial charge in [-0.3, -0.25) is 15.0 Å². The number of hydrogen-bond acceptors (Lipinski definition) is 4. The molecule has 6 heteroatoms. The van der Waals surface area contributed by atoms with Gasteiger partial charge in [-0.05, 0) is 37.4 Å². The van der Waals surface area contributed by atoms with Gasteiger partial charge in [-0.25, -0.2) is 4.79 Å². The molecule has 0 radical (unpaired) electrons. The molecule has 0 fully saturated rings. The van der Waals surface area contributed by atoms with E-state index in [-0.39, 0.29) is 12.5 Å². The monoisotopic (exact) mass is 309 g/mol. The van der Waals surface area contributed by atoms with Gasteiger partial charge in [-0.2, -0.15) is 0 Å². The fourth-order valence-corrected chi connectivity index (χ4v) is 2.20. The summed E-state index contributed by atoms with van der Waals surface area (Å²) in [7, 11) is 1.85. The number of carbonyl (C=O) groups excluding carboxylic acids is 2. The summed E-state index contributed by atoms with van der Waals surface area (Å²) >= 11 is 1.70. The van der Waals surface area contributed by atoms with E-state index in [2.05, 4.69) is 22.8 Å². The number of rotatable bonds is 7. The van der Waals surface area contributed by atoms with Crippen LogP contribution in [0.1, 0.15) is 18.9 Å². The van der Waals surface area contributed by atoms with Crippen molar-refractivity contribution in [2.24, 2.45) is 0 Å². The van der Waals surface area contributed by atoms with Crippen LogP contribution in [0.5, 0.6) is 0 Å². The molecule has 0 bridgehead atoms. The van der Waals surface area contributed by atoms with Gasteiger partial charge in [0.15, 0.2) is 0 Å². The van der Waals surface area contributed by atoms with Gasteiger partial charge in [0.25, 0.3) is 0 Å². The number of likely N-dealkylation sites (N-methyl/N-ethyl adjacent to an activating group) is 1. The zero-order chi connectivity index (χ0) is 15.7. The summed E-state index contributed by atoms with van der Waals surface area (Å²) in [6, 6.07) is 7.79. The third-order valence-electron chi connectivity index (χ3n) is 2.81. The second-order valence-corrected chi connectivity index (χ2v) is 5.70. The van der Waals surface area contributed by atoms with Gasteiger partial charge in [0.05, 0.1) is 6.54 Å². The van der Waals surface area contributed by atoms with Crippen LogP contribution in [-0.4, -0.2) is 43.2 Å². The molecular weight excluding hydrogens is 286 g/mol. The molecule has 1 aromatic rings. The Hall–Kier alpha value is -1.53. The normalized spacial score (nSPS) is 10.5. The molecule has 116 valence electrons. The quantitative estimate of drug-likeness (QED) is 0.757. The molecule has 0 saturated heterocycles. The van der Waals surface area contributed by atoms with Crippen LogP contribution in [0.4, 0.5) is 4.79 Å². The minimum Gasteiger partial charge on any atom is -0.338 e. The number of urea groups is 1. The van der Waals surface area contributed by atoms with Gasteiger partial charge in [-0.1, -0.05) is 19.1 Å². The predicted molar refractivity (Wildman–Crippen MR) is 86.4 cm³/mol. The molecule has 1 aromatic carbocycles. The molecule has 1 rings (SSSR count). The van der Waals surface area contributed by atoms with Gasteiger partial charge < -0.3 is 5.32 Å². The maximum Gasteiger partial charge on any atom is 0.321 e. The van der Waals surface area contributed by atoms with Crippen molar-refractivity contribution in [2.75, 3.05) is 26.4 Å². The summed E-state index contributed by atoms with van der Waals surface area (Å²) in [5.41, 5.74) is 1.14. The highest BCUT2D eigenvalue weighted by atomic mass is 32.2.